The number of aliphatic imine (C=N–C) groups is 1. The fraction of sp³-hybridized carbons (Fsp3) is 0.231. The van der Waals surface area contributed by atoms with E-state index in [9.17, 15) is 9.90 Å². The summed E-state index contributed by atoms with van der Waals surface area (Å²) in [5, 5.41) is 22.9. The van der Waals surface area contributed by atoms with Gasteiger partial charge in [0.25, 0.3) is 0 Å². The summed E-state index contributed by atoms with van der Waals surface area (Å²) in [4.78, 5) is 19.1. The number of anilines is 1. The van der Waals surface area contributed by atoms with E-state index in [0.29, 0.717) is 17.1 Å². The molecule has 2 aromatic heterocycles. The highest BCUT2D eigenvalue weighted by molar-refractivity contribution is 7.15. The Morgan fingerprint density at radius 3 is 2.51 bits per heavy atom. The highest BCUT2D eigenvalue weighted by Gasteiger charge is 2.31. The molecular formula is C26H24ClN5O2S. The van der Waals surface area contributed by atoms with Crippen LogP contribution in [0.5, 0.6) is 5.75 Å². The maximum atomic E-state index is 12.7. The van der Waals surface area contributed by atoms with Crippen molar-refractivity contribution in [2.24, 2.45) is 4.99 Å². The van der Waals surface area contributed by atoms with Crippen molar-refractivity contribution in [3.05, 3.63) is 86.8 Å². The number of nitrogens with zero attached hydrogens (tertiary/aromatic N) is 4. The van der Waals surface area contributed by atoms with Crippen LogP contribution in [-0.4, -0.2) is 31.5 Å². The van der Waals surface area contributed by atoms with Crippen LogP contribution in [0.15, 0.2) is 53.5 Å². The number of hydrogen-bond donors (Lipinski definition) is 2. The fourth-order valence-corrected chi connectivity index (χ4v) is 5.57. The second kappa shape index (κ2) is 9.28. The van der Waals surface area contributed by atoms with Gasteiger partial charge in [0, 0.05) is 33.1 Å². The SMILES string of the molecule is Cc1sc2c(c1C)C(c1ccc(Cl)cc1)=N[C@H](CCC(=O)Nc1ccc(O)cc1)c1nnc(C)n1-2. The molecule has 3 heterocycles. The van der Waals surface area contributed by atoms with E-state index < -0.39 is 0 Å². The minimum Gasteiger partial charge on any atom is -0.508 e. The predicted molar refractivity (Wildman–Crippen MR) is 139 cm³/mol. The van der Waals surface area contributed by atoms with E-state index in [0.717, 1.165) is 33.5 Å². The first-order valence-corrected chi connectivity index (χ1v) is 12.5. The third-order valence-electron chi connectivity index (χ3n) is 6.15. The average Bonchev–Trinajstić information content (AvgIpc) is 3.31. The van der Waals surface area contributed by atoms with E-state index in [1.165, 1.54) is 22.6 Å². The lowest BCUT2D eigenvalue weighted by Crippen LogP contribution is -2.14. The number of hydrogen-bond acceptors (Lipinski definition) is 6. The van der Waals surface area contributed by atoms with E-state index in [-0.39, 0.29) is 24.1 Å². The number of amides is 1. The molecule has 4 aromatic rings. The molecular weight excluding hydrogens is 482 g/mol. The van der Waals surface area contributed by atoms with E-state index in [4.69, 9.17) is 16.6 Å². The van der Waals surface area contributed by atoms with E-state index in [1.807, 2.05) is 31.2 Å². The van der Waals surface area contributed by atoms with Crippen LogP contribution in [0.25, 0.3) is 5.00 Å². The van der Waals surface area contributed by atoms with Gasteiger partial charge in [-0.2, -0.15) is 0 Å². The largest absolute Gasteiger partial charge is 0.508 e. The molecule has 0 fully saturated rings. The average molecular weight is 506 g/mol. The Kier molecular flexibility index (Phi) is 6.17. The molecule has 0 aliphatic carbocycles. The Bertz CT molecular complexity index is 1440. The first kappa shape index (κ1) is 23.3. The lowest BCUT2D eigenvalue weighted by atomic mass is 9.99. The van der Waals surface area contributed by atoms with Crippen LogP contribution in [0, 0.1) is 20.8 Å². The molecule has 0 spiro atoms. The maximum absolute atomic E-state index is 12.7. The molecule has 0 radical (unpaired) electrons. The highest BCUT2D eigenvalue weighted by Crippen LogP contribution is 2.39. The number of thiophene rings is 1. The monoisotopic (exact) mass is 505 g/mol. The zero-order valence-electron chi connectivity index (χ0n) is 19.5. The van der Waals surface area contributed by atoms with Crippen molar-refractivity contribution >= 4 is 40.2 Å². The number of nitrogens with one attached hydrogen (secondary N) is 1. The van der Waals surface area contributed by atoms with Crippen molar-refractivity contribution in [1.29, 1.82) is 0 Å². The van der Waals surface area contributed by atoms with Gasteiger partial charge in [0.15, 0.2) is 5.82 Å². The molecule has 2 aromatic carbocycles. The number of halogens is 1. The van der Waals surface area contributed by atoms with Gasteiger partial charge in [-0.25, -0.2) is 0 Å². The zero-order chi connectivity index (χ0) is 24.7. The van der Waals surface area contributed by atoms with Gasteiger partial charge >= 0.3 is 0 Å². The lowest BCUT2D eigenvalue weighted by molar-refractivity contribution is -0.116. The third kappa shape index (κ3) is 4.47. The summed E-state index contributed by atoms with van der Waals surface area (Å²) in [6.45, 7) is 6.16. The number of phenolic OH excluding ortho intramolecular Hbond substituents is 1. The number of phenols is 1. The zero-order valence-corrected chi connectivity index (χ0v) is 21.1. The van der Waals surface area contributed by atoms with E-state index in [2.05, 4.69) is 33.9 Å². The van der Waals surface area contributed by atoms with Crippen LogP contribution in [0.4, 0.5) is 5.69 Å². The number of aryl methyl sites for hydroxylation is 2. The maximum Gasteiger partial charge on any atom is 0.224 e. The summed E-state index contributed by atoms with van der Waals surface area (Å²) in [7, 11) is 0. The van der Waals surface area contributed by atoms with Crippen LogP contribution in [-0.2, 0) is 4.79 Å². The van der Waals surface area contributed by atoms with Crippen molar-refractivity contribution in [2.45, 2.75) is 39.7 Å². The topological polar surface area (TPSA) is 92.4 Å². The van der Waals surface area contributed by atoms with Gasteiger partial charge in [0.05, 0.1) is 5.71 Å². The molecule has 0 saturated heterocycles. The molecule has 1 atom stereocenters. The van der Waals surface area contributed by atoms with Crippen LogP contribution in [0.3, 0.4) is 0 Å². The summed E-state index contributed by atoms with van der Waals surface area (Å²) in [6, 6.07) is 13.7. The first-order chi connectivity index (χ1) is 16.8. The van der Waals surface area contributed by atoms with Gasteiger partial charge in [-0.3, -0.25) is 14.4 Å². The Morgan fingerprint density at radius 1 is 1.09 bits per heavy atom. The number of benzene rings is 2. The molecule has 1 amide bonds. The molecule has 0 saturated carbocycles. The minimum absolute atomic E-state index is 0.132. The first-order valence-electron chi connectivity index (χ1n) is 11.3. The van der Waals surface area contributed by atoms with Gasteiger partial charge in [-0.1, -0.05) is 23.7 Å². The van der Waals surface area contributed by atoms with Crippen molar-refractivity contribution in [3.63, 3.8) is 0 Å². The molecule has 5 rings (SSSR count). The normalized spacial score (nSPS) is 14.6. The molecule has 0 bridgehead atoms. The number of fused-ring (bicyclic) bond motifs is 3. The second-order valence-electron chi connectivity index (χ2n) is 8.54. The molecule has 9 heteroatoms. The van der Waals surface area contributed by atoms with Crippen molar-refractivity contribution in [1.82, 2.24) is 14.8 Å². The molecule has 1 aliphatic rings. The van der Waals surface area contributed by atoms with E-state index >= 15 is 0 Å². The van der Waals surface area contributed by atoms with E-state index in [1.54, 1.807) is 23.5 Å². The van der Waals surface area contributed by atoms with Gasteiger partial charge in [0.2, 0.25) is 5.91 Å². The Hall–Kier alpha value is -3.49. The summed E-state index contributed by atoms with van der Waals surface area (Å²) in [5.74, 6) is 1.53. The number of aromatic hydroxyl groups is 1. The molecule has 1 aliphatic heterocycles. The predicted octanol–water partition coefficient (Wildman–Crippen LogP) is 5.92. The molecule has 0 unspecified atom stereocenters. The van der Waals surface area contributed by atoms with Crippen LogP contribution < -0.4 is 5.32 Å². The lowest BCUT2D eigenvalue weighted by Gasteiger charge is -2.13. The third-order valence-corrected chi connectivity index (χ3v) is 7.60. The van der Waals surface area contributed by atoms with Crippen LogP contribution in [0.1, 0.15) is 52.1 Å². The van der Waals surface area contributed by atoms with Gasteiger partial charge < -0.3 is 10.4 Å². The fourth-order valence-electron chi connectivity index (χ4n) is 4.23. The standard InChI is InChI=1S/C26H24ClN5O2S/c1-14-15(2)35-26-23(14)24(17-4-6-18(27)7-5-17)29-21(25-31-30-16(3)32(25)26)12-13-22(34)28-19-8-10-20(33)11-9-19/h4-11,21,33H,12-13H2,1-3H3,(H,28,34)/t21-/m1/s1. The smallest absolute Gasteiger partial charge is 0.224 e. The van der Waals surface area contributed by atoms with Gasteiger partial charge in [0.1, 0.15) is 22.6 Å². The van der Waals surface area contributed by atoms with Crippen molar-refractivity contribution in [3.8, 4) is 10.8 Å². The minimum atomic E-state index is -0.355. The quantitative estimate of drug-likeness (QED) is 0.329. The van der Waals surface area contributed by atoms with Crippen LogP contribution in [0.2, 0.25) is 5.02 Å². The Balaban J connectivity index is 1.53. The van der Waals surface area contributed by atoms with Gasteiger partial charge in [-0.15, -0.1) is 21.5 Å². The van der Waals surface area contributed by atoms with Crippen molar-refractivity contribution < 1.29 is 9.90 Å². The molecule has 7 nitrogen and oxygen atoms in total. The Morgan fingerprint density at radius 2 is 1.80 bits per heavy atom. The Labute approximate surface area is 212 Å². The second-order valence-corrected chi connectivity index (χ2v) is 10.2. The van der Waals surface area contributed by atoms with Crippen LogP contribution >= 0.6 is 22.9 Å². The molecule has 35 heavy (non-hydrogen) atoms. The summed E-state index contributed by atoms with van der Waals surface area (Å²) < 4.78 is 2.08. The summed E-state index contributed by atoms with van der Waals surface area (Å²) in [5.41, 5.74) is 4.70. The summed E-state index contributed by atoms with van der Waals surface area (Å²) in [6.07, 6.45) is 0.715. The number of rotatable bonds is 5. The van der Waals surface area contributed by atoms with Gasteiger partial charge in [-0.05, 0) is 69.2 Å². The van der Waals surface area contributed by atoms with Crippen molar-refractivity contribution in [2.75, 3.05) is 5.32 Å². The molecule has 2 N–H and O–H groups in total. The summed E-state index contributed by atoms with van der Waals surface area (Å²) >= 11 is 7.86. The highest BCUT2D eigenvalue weighted by atomic mass is 35.5. The number of carbonyl (C=O) groups excluding carboxylic acids is 1. The number of carbonyl (C=O) groups is 1. The number of aromatic nitrogens is 3. The molecule has 178 valence electrons.